The molecule has 0 aromatic carbocycles. The van der Waals surface area contributed by atoms with E-state index < -0.39 is 16.4 Å². The highest BCUT2D eigenvalue weighted by molar-refractivity contribution is 7.82. The van der Waals surface area contributed by atoms with E-state index in [9.17, 15) is 13.2 Å². The molecule has 0 N–H and O–H groups in total. The molecule has 0 amide bonds. The third kappa shape index (κ3) is 17.7. The van der Waals surface area contributed by atoms with Gasteiger partial charge in [-0.25, -0.2) is 4.18 Å². The van der Waals surface area contributed by atoms with Crippen molar-refractivity contribution in [2.75, 3.05) is 6.61 Å². The molecule has 0 aliphatic rings. The molecule has 0 rings (SSSR count). The van der Waals surface area contributed by atoms with Crippen molar-refractivity contribution in [1.29, 1.82) is 0 Å². The van der Waals surface area contributed by atoms with Crippen molar-refractivity contribution in [3.8, 4) is 0 Å². The van der Waals surface area contributed by atoms with Gasteiger partial charge in [-0.3, -0.25) is 4.79 Å². The van der Waals surface area contributed by atoms with E-state index in [4.69, 9.17) is 0 Å². The molecule has 0 aliphatic heterocycles. The molecule has 0 bridgehead atoms. The number of unbranched alkanes of at least 4 members (excludes halogenated alkanes) is 8. The third-order valence-electron chi connectivity index (χ3n) is 3.79. The molecule has 0 atom stereocenters. The molecule has 0 heterocycles. The standard InChI is InChI=1S/C20H36O5S/c1-3-5-6-7-8-9-10-11-12-13-14-15-16-17-18-19-20(21)25-26(22,23)24-4-2/h8-9,11-12H,3-7,10,13-19H2,1-2H3/b9-8-,12-11-. The molecule has 0 aromatic rings. The van der Waals surface area contributed by atoms with Crippen molar-refractivity contribution >= 4 is 16.4 Å². The van der Waals surface area contributed by atoms with Crippen LogP contribution in [0.4, 0.5) is 0 Å². The van der Waals surface area contributed by atoms with Crippen molar-refractivity contribution in [2.24, 2.45) is 0 Å². The van der Waals surface area contributed by atoms with E-state index in [1.165, 1.54) is 32.6 Å². The molecule has 26 heavy (non-hydrogen) atoms. The van der Waals surface area contributed by atoms with Gasteiger partial charge in [0.15, 0.2) is 0 Å². The summed E-state index contributed by atoms with van der Waals surface area (Å²) in [6, 6.07) is 0. The van der Waals surface area contributed by atoms with Crippen molar-refractivity contribution < 1.29 is 21.6 Å². The molecule has 6 heteroatoms. The fraction of sp³-hybridized carbons (Fsp3) is 0.750. The van der Waals surface area contributed by atoms with E-state index in [1.807, 2.05) is 0 Å². The Bertz CT molecular complexity index is 494. The van der Waals surface area contributed by atoms with E-state index in [0.717, 1.165) is 38.5 Å². The average molecular weight is 389 g/mol. The Morgan fingerprint density at radius 3 is 2.00 bits per heavy atom. The molecule has 0 saturated heterocycles. The lowest BCUT2D eigenvalue weighted by Crippen LogP contribution is -2.15. The van der Waals surface area contributed by atoms with E-state index in [-0.39, 0.29) is 13.0 Å². The normalized spacial score (nSPS) is 12.2. The minimum Gasteiger partial charge on any atom is -0.325 e. The van der Waals surface area contributed by atoms with Gasteiger partial charge in [0.1, 0.15) is 0 Å². The van der Waals surface area contributed by atoms with E-state index in [2.05, 4.69) is 39.6 Å². The maximum atomic E-state index is 11.4. The summed E-state index contributed by atoms with van der Waals surface area (Å²) in [5, 5.41) is 0. The maximum absolute atomic E-state index is 11.4. The van der Waals surface area contributed by atoms with Crippen LogP contribution in [0, 0.1) is 0 Å². The highest BCUT2D eigenvalue weighted by Gasteiger charge is 2.16. The third-order valence-corrected chi connectivity index (χ3v) is 4.70. The van der Waals surface area contributed by atoms with Gasteiger partial charge in [0.25, 0.3) is 0 Å². The Kier molecular flexibility index (Phi) is 16.5. The van der Waals surface area contributed by atoms with Gasteiger partial charge >= 0.3 is 16.4 Å². The predicted octanol–water partition coefficient (Wildman–Crippen LogP) is 5.62. The molecule has 0 aliphatic carbocycles. The summed E-state index contributed by atoms with van der Waals surface area (Å²) < 4.78 is 30.9. The van der Waals surface area contributed by atoms with Gasteiger partial charge in [-0.1, -0.05) is 63.3 Å². The SMILES string of the molecule is CCCCC/C=C\C/C=C\CCCCCCCC(=O)OS(=O)(=O)OCC. The lowest BCUT2D eigenvalue weighted by atomic mass is 10.1. The van der Waals surface area contributed by atoms with Gasteiger partial charge in [-0.2, -0.15) is 8.42 Å². The first-order valence-corrected chi connectivity index (χ1v) is 11.3. The number of allylic oxidation sites excluding steroid dienone is 4. The monoisotopic (exact) mass is 388 g/mol. The molecule has 0 saturated carbocycles. The molecule has 0 radical (unpaired) electrons. The van der Waals surface area contributed by atoms with Crippen LogP contribution in [-0.4, -0.2) is 21.0 Å². The predicted molar refractivity (Wildman–Crippen MR) is 106 cm³/mol. The maximum Gasteiger partial charge on any atom is 0.451 e. The summed E-state index contributed by atoms with van der Waals surface area (Å²) in [5.74, 6) is -0.746. The number of hydrogen-bond acceptors (Lipinski definition) is 5. The van der Waals surface area contributed by atoms with Crippen LogP contribution < -0.4 is 0 Å². The van der Waals surface area contributed by atoms with Gasteiger partial charge in [0.2, 0.25) is 0 Å². The first kappa shape index (κ1) is 24.9. The zero-order valence-electron chi connectivity index (χ0n) is 16.5. The molecule has 0 spiro atoms. The Morgan fingerprint density at radius 1 is 0.808 bits per heavy atom. The molecular formula is C20H36O5S. The average Bonchev–Trinajstić information content (AvgIpc) is 2.57. The lowest BCUT2D eigenvalue weighted by molar-refractivity contribution is -0.134. The summed E-state index contributed by atoms with van der Waals surface area (Å²) in [6.45, 7) is 3.70. The van der Waals surface area contributed by atoms with E-state index in [0.29, 0.717) is 6.42 Å². The molecule has 0 aromatic heterocycles. The quantitative estimate of drug-likeness (QED) is 0.239. The smallest absolute Gasteiger partial charge is 0.325 e. The second kappa shape index (κ2) is 17.3. The molecule has 152 valence electrons. The minimum atomic E-state index is -4.16. The van der Waals surface area contributed by atoms with Crippen LogP contribution >= 0.6 is 0 Å². The second-order valence-electron chi connectivity index (χ2n) is 6.25. The summed E-state index contributed by atoms with van der Waals surface area (Å²) in [5.41, 5.74) is 0. The van der Waals surface area contributed by atoms with Crippen molar-refractivity contribution in [3.63, 3.8) is 0 Å². The van der Waals surface area contributed by atoms with Crippen LogP contribution in [-0.2, 0) is 23.6 Å². The highest BCUT2D eigenvalue weighted by Crippen LogP contribution is 2.09. The molecule has 0 fully saturated rings. The Labute approximate surface area is 160 Å². The van der Waals surface area contributed by atoms with Crippen LogP contribution in [0.1, 0.15) is 90.9 Å². The Balaban J connectivity index is 3.45. The van der Waals surface area contributed by atoms with Gasteiger partial charge in [-0.15, -0.1) is 0 Å². The topological polar surface area (TPSA) is 69.7 Å². The van der Waals surface area contributed by atoms with Crippen LogP contribution in [0.3, 0.4) is 0 Å². The molecule has 5 nitrogen and oxygen atoms in total. The van der Waals surface area contributed by atoms with Crippen LogP contribution in [0.2, 0.25) is 0 Å². The highest BCUT2D eigenvalue weighted by atomic mass is 32.3. The first-order chi connectivity index (χ1) is 12.5. The number of rotatable bonds is 17. The van der Waals surface area contributed by atoms with Gasteiger partial charge in [0.05, 0.1) is 6.61 Å². The Morgan fingerprint density at radius 2 is 1.38 bits per heavy atom. The molecule has 0 unspecified atom stereocenters. The van der Waals surface area contributed by atoms with Gasteiger partial charge < -0.3 is 4.18 Å². The van der Waals surface area contributed by atoms with Crippen molar-refractivity contribution in [3.05, 3.63) is 24.3 Å². The fourth-order valence-electron chi connectivity index (χ4n) is 2.40. The lowest BCUT2D eigenvalue weighted by Gasteiger charge is -2.04. The van der Waals surface area contributed by atoms with E-state index in [1.54, 1.807) is 0 Å². The van der Waals surface area contributed by atoms with Crippen molar-refractivity contribution in [1.82, 2.24) is 0 Å². The van der Waals surface area contributed by atoms with Crippen LogP contribution in [0.25, 0.3) is 0 Å². The number of carbonyl (C=O) groups is 1. The second-order valence-corrected chi connectivity index (χ2v) is 7.47. The largest absolute Gasteiger partial charge is 0.451 e. The van der Waals surface area contributed by atoms with Crippen molar-refractivity contribution in [2.45, 2.75) is 90.9 Å². The zero-order chi connectivity index (χ0) is 19.5. The van der Waals surface area contributed by atoms with Gasteiger partial charge in [-0.05, 0) is 45.4 Å². The summed E-state index contributed by atoms with van der Waals surface area (Å²) in [7, 11) is -4.16. The summed E-state index contributed by atoms with van der Waals surface area (Å²) >= 11 is 0. The Hall–Kier alpha value is -1.14. The van der Waals surface area contributed by atoms with Gasteiger partial charge in [0, 0.05) is 6.42 Å². The number of carbonyl (C=O) groups excluding carboxylic acids is 1. The summed E-state index contributed by atoms with van der Waals surface area (Å²) in [4.78, 5) is 11.4. The van der Waals surface area contributed by atoms with Crippen LogP contribution in [0.15, 0.2) is 24.3 Å². The van der Waals surface area contributed by atoms with Crippen LogP contribution in [0.5, 0.6) is 0 Å². The van der Waals surface area contributed by atoms with E-state index >= 15 is 0 Å². The molecular weight excluding hydrogens is 352 g/mol. The first-order valence-electron chi connectivity index (χ1n) is 9.93. The summed E-state index contributed by atoms with van der Waals surface area (Å²) in [6.07, 6.45) is 21.0. The zero-order valence-corrected chi connectivity index (χ0v) is 17.3. The fourth-order valence-corrected chi connectivity index (χ4v) is 3.05. The minimum absolute atomic E-state index is 0.0424. The number of hydrogen-bond donors (Lipinski definition) is 0.